The molecule has 48 valence electrons. The Morgan fingerprint density at radius 3 is 2.78 bits per heavy atom. The van der Waals surface area contributed by atoms with E-state index >= 15 is 0 Å². The van der Waals surface area contributed by atoms with E-state index in [0.717, 1.165) is 24.4 Å². The Labute approximate surface area is 55.0 Å². The Morgan fingerprint density at radius 1 is 1.56 bits per heavy atom. The highest BCUT2D eigenvalue weighted by Crippen LogP contribution is 1.99. The van der Waals surface area contributed by atoms with E-state index in [-0.39, 0.29) is 0 Å². The monoisotopic (exact) mass is 122 g/mol. The van der Waals surface area contributed by atoms with Crippen molar-refractivity contribution < 1.29 is 0 Å². The van der Waals surface area contributed by atoms with E-state index < -0.39 is 0 Å². The maximum absolute atomic E-state index is 4.02. The van der Waals surface area contributed by atoms with Crippen molar-refractivity contribution in [1.29, 1.82) is 0 Å². The molecule has 0 radical (unpaired) electrons. The molecule has 1 N–H and O–H groups in total. The molecule has 9 heavy (non-hydrogen) atoms. The average Bonchev–Trinajstić information content (AvgIpc) is 2.18. The summed E-state index contributed by atoms with van der Waals surface area (Å²) in [6, 6.07) is 0. The Bertz CT molecular complexity index is 168. The fraction of sp³-hybridized carbons (Fsp3) is 0.286. The molecule has 0 aliphatic carbocycles. The van der Waals surface area contributed by atoms with Gasteiger partial charge in [-0.3, -0.25) is 4.99 Å². The molecule has 1 aliphatic heterocycles. The van der Waals surface area contributed by atoms with Gasteiger partial charge in [0.15, 0.2) is 0 Å². The van der Waals surface area contributed by atoms with Gasteiger partial charge in [-0.05, 0) is 5.57 Å². The van der Waals surface area contributed by atoms with Crippen LogP contribution in [0, 0.1) is 0 Å². The van der Waals surface area contributed by atoms with Gasteiger partial charge in [-0.25, -0.2) is 0 Å². The van der Waals surface area contributed by atoms with E-state index in [9.17, 15) is 0 Å². The zero-order valence-corrected chi connectivity index (χ0v) is 5.35. The third kappa shape index (κ3) is 1.27. The molecule has 1 heterocycles. The molecule has 1 fully saturated rings. The van der Waals surface area contributed by atoms with Gasteiger partial charge in [-0.1, -0.05) is 13.2 Å². The van der Waals surface area contributed by atoms with E-state index in [1.165, 1.54) is 0 Å². The van der Waals surface area contributed by atoms with Crippen LogP contribution in [0.25, 0.3) is 0 Å². The minimum atomic E-state index is 0.838. The number of nitrogens with zero attached hydrogens (tertiary/aromatic N) is 1. The summed E-state index contributed by atoms with van der Waals surface area (Å²) in [4.78, 5) is 4.02. The van der Waals surface area contributed by atoms with Crippen LogP contribution in [0.1, 0.15) is 0 Å². The third-order valence-electron chi connectivity index (χ3n) is 1.29. The minimum Gasteiger partial charge on any atom is -0.307 e. The van der Waals surface area contributed by atoms with Gasteiger partial charge in [0.25, 0.3) is 0 Å². The number of aliphatic imine (C=N–C) groups is 1. The summed E-state index contributed by atoms with van der Waals surface area (Å²) in [7, 11) is 0. The van der Waals surface area contributed by atoms with Crippen molar-refractivity contribution in [2.24, 2.45) is 4.99 Å². The fourth-order valence-electron chi connectivity index (χ4n) is 0.806. The second-order valence-corrected chi connectivity index (χ2v) is 1.97. The number of hydrogen-bond donors (Lipinski definition) is 1. The van der Waals surface area contributed by atoms with Crippen molar-refractivity contribution in [3.8, 4) is 0 Å². The second kappa shape index (κ2) is 2.60. The molecule has 0 aromatic carbocycles. The van der Waals surface area contributed by atoms with Crippen molar-refractivity contribution in [3.63, 3.8) is 0 Å². The quantitative estimate of drug-likeness (QED) is 0.544. The number of nitrogens with one attached hydrogen (secondary N) is 1. The molecule has 0 atom stereocenters. The first-order valence-electron chi connectivity index (χ1n) is 2.91. The highest BCUT2D eigenvalue weighted by Gasteiger charge is 2.09. The van der Waals surface area contributed by atoms with Crippen molar-refractivity contribution in [2.45, 2.75) is 0 Å². The Balaban J connectivity index is 2.69. The third-order valence-corrected chi connectivity index (χ3v) is 1.29. The van der Waals surface area contributed by atoms with E-state index in [1.54, 1.807) is 6.20 Å². The molecule has 2 nitrogen and oxygen atoms in total. The maximum Gasteiger partial charge on any atom is 0.0580 e. The van der Waals surface area contributed by atoms with Gasteiger partial charge < -0.3 is 5.32 Å². The fourth-order valence-corrected chi connectivity index (χ4v) is 0.806. The van der Waals surface area contributed by atoms with Crippen molar-refractivity contribution in [2.75, 3.05) is 13.1 Å². The van der Waals surface area contributed by atoms with E-state index in [0.29, 0.717) is 0 Å². The van der Waals surface area contributed by atoms with Gasteiger partial charge in [0, 0.05) is 19.3 Å². The summed E-state index contributed by atoms with van der Waals surface area (Å²) in [5.74, 6) is 0. The number of hydrogen-bond acceptors (Lipinski definition) is 2. The Hall–Kier alpha value is -0.890. The van der Waals surface area contributed by atoms with Crippen molar-refractivity contribution in [3.05, 3.63) is 24.9 Å². The van der Waals surface area contributed by atoms with Crippen LogP contribution in [-0.4, -0.2) is 18.8 Å². The van der Waals surface area contributed by atoms with Crippen molar-refractivity contribution >= 4 is 5.71 Å². The molecule has 0 aromatic rings. The first-order chi connectivity index (χ1) is 4.34. The lowest BCUT2D eigenvalue weighted by Gasteiger charge is -1.89. The molecule has 0 amide bonds. The van der Waals surface area contributed by atoms with Gasteiger partial charge in [-0.15, -0.1) is 0 Å². The molecule has 1 aliphatic rings. The van der Waals surface area contributed by atoms with E-state index in [2.05, 4.69) is 23.5 Å². The lowest BCUT2D eigenvalue weighted by molar-refractivity contribution is 0.908. The molecular formula is C7H10N2. The lowest BCUT2D eigenvalue weighted by Crippen LogP contribution is -2.07. The van der Waals surface area contributed by atoms with Gasteiger partial charge in [-0.2, -0.15) is 0 Å². The van der Waals surface area contributed by atoms with Crippen LogP contribution in [0.5, 0.6) is 0 Å². The molecule has 0 bridgehead atoms. The SMILES string of the molecule is C=CN=C1CNCC1=C. The molecule has 0 unspecified atom stereocenters. The molecule has 1 saturated heterocycles. The van der Waals surface area contributed by atoms with Crippen molar-refractivity contribution in [1.82, 2.24) is 5.32 Å². The van der Waals surface area contributed by atoms with Crippen LogP contribution in [0.15, 0.2) is 29.9 Å². The van der Waals surface area contributed by atoms with Crippen LogP contribution in [0.3, 0.4) is 0 Å². The maximum atomic E-state index is 4.02. The van der Waals surface area contributed by atoms with E-state index in [1.807, 2.05) is 0 Å². The molecule has 1 rings (SSSR count). The highest BCUT2D eigenvalue weighted by molar-refractivity contribution is 6.03. The van der Waals surface area contributed by atoms with Gasteiger partial charge in [0.1, 0.15) is 0 Å². The summed E-state index contributed by atoms with van der Waals surface area (Å²) in [5, 5.41) is 3.13. The average molecular weight is 122 g/mol. The van der Waals surface area contributed by atoms with Gasteiger partial charge in [0.2, 0.25) is 0 Å². The number of rotatable bonds is 1. The molecule has 0 spiro atoms. The van der Waals surface area contributed by atoms with Crippen LogP contribution in [-0.2, 0) is 0 Å². The van der Waals surface area contributed by atoms with Crippen LogP contribution >= 0.6 is 0 Å². The summed E-state index contributed by atoms with van der Waals surface area (Å²) in [6.45, 7) is 9.02. The van der Waals surface area contributed by atoms with Crippen LogP contribution in [0.4, 0.5) is 0 Å². The molecule has 0 saturated carbocycles. The minimum absolute atomic E-state index is 0.838. The second-order valence-electron chi connectivity index (χ2n) is 1.97. The zero-order valence-electron chi connectivity index (χ0n) is 5.35. The lowest BCUT2D eigenvalue weighted by atomic mass is 10.2. The summed E-state index contributed by atoms with van der Waals surface area (Å²) < 4.78 is 0. The summed E-state index contributed by atoms with van der Waals surface area (Å²) >= 11 is 0. The largest absolute Gasteiger partial charge is 0.307 e. The standard InChI is InChI=1S/C7H10N2/c1-3-9-7-5-8-4-6(7)2/h3,8H,1-2,4-5H2. The summed E-state index contributed by atoms with van der Waals surface area (Å²) in [6.07, 6.45) is 1.55. The predicted molar refractivity (Wildman–Crippen MR) is 39.6 cm³/mol. The topological polar surface area (TPSA) is 24.4 Å². The zero-order chi connectivity index (χ0) is 6.69. The van der Waals surface area contributed by atoms with Crippen LogP contribution < -0.4 is 5.32 Å². The molecule has 2 heteroatoms. The Kier molecular flexibility index (Phi) is 1.80. The van der Waals surface area contributed by atoms with E-state index in [4.69, 9.17) is 0 Å². The highest BCUT2D eigenvalue weighted by atomic mass is 14.9. The van der Waals surface area contributed by atoms with Crippen LogP contribution in [0.2, 0.25) is 0 Å². The predicted octanol–water partition coefficient (Wildman–Crippen LogP) is 0.730. The Morgan fingerprint density at radius 2 is 2.33 bits per heavy atom. The normalized spacial score (nSPS) is 23.1. The molecular weight excluding hydrogens is 112 g/mol. The summed E-state index contributed by atoms with van der Waals surface area (Å²) in [5.41, 5.74) is 2.11. The first-order valence-corrected chi connectivity index (χ1v) is 2.91. The smallest absolute Gasteiger partial charge is 0.0580 e. The first kappa shape index (κ1) is 6.23. The molecule has 0 aromatic heterocycles. The van der Waals surface area contributed by atoms with Gasteiger partial charge >= 0.3 is 0 Å². The van der Waals surface area contributed by atoms with Gasteiger partial charge in [0.05, 0.1) is 5.71 Å².